The van der Waals surface area contributed by atoms with Gasteiger partial charge in [-0.3, -0.25) is 19.2 Å². The molecule has 39 heteroatoms. The van der Waals surface area contributed by atoms with Gasteiger partial charge >= 0.3 is 177 Å². The molecule has 8 aromatic rings. The fourth-order valence-corrected chi connectivity index (χ4v) is 10.2. The molecular formula is C52H37N5Na6O23S5. The van der Waals surface area contributed by atoms with Gasteiger partial charge in [-0.25, -0.2) is 52.1 Å². The number of fused-ring (bicyclic) bond motifs is 8. The summed E-state index contributed by atoms with van der Waals surface area (Å²) in [6.07, 6.45) is 6.82. The van der Waals surface area contributed by atoms with E-state index in [2.05, 4.69) is 4.98 Å². The topological polar surface area (TPSA) is 519 Å². The van der Waals surface area contributed by atoms with Gasteiger partial charge in [0.25, 0.3) is 5.69 Å². The number of aromatic amines is 1. The molecule has 444 valence electrons. The van der Waals surface area contributed by atoms with Crippen LogP contribution in [-0.2, 0) is 57.7 Å². The van der Waals surface area contributed by atoms with Gasteiger partial charge in [0.2, 0.25) is 20.8 Å². The van der Waals surface area contributed by atoms with Gasteiger partial charge in [-0.1, -0.05) is 72.8 Å². The van der Waals surface area contributed by atoms with E-state index in [0.29, 0.717) is 94.9 Å². The Balaban J connectivity index is 0.00000418. The Morgan fingerprint density at radius 2 is 0.714 bits per heavy atom. The van der Waals surface area contributed by atoms with Crippen molar-refractivity contribution in [1.29, 1.82) is 0 Å². The van der Waals surface area contributed by atoms with E-state index in [4.69, 9.17) is 45.0 Å². The number of nitro benzene ring substituents is 1. The smallest absolute Gasteiger partial charge is 0.744 e. The van der Waals surface area contributed by atoms with Crippen LogP contribution in [0.2, 0.25) is 0 Å². The number of non-ortho nitro benzene ring substituents is 1. The van der Waals surface area contributed by atoms with Crippen molar-refractivity contribution in [2.45, 2.75) is 21.2 Å². The Kier molecular flexibility index (Phi) is 34.6. The molecule has 0 saturated heterocycles. The summed E-state index contributed by atoms with van der Waals surface area (Å²) in [4.78, 5) is 35.5. The van der Waals surface area contributed by atoms with Crippen molar-refractivity contribution in [3.63, 3.8) is 0 Å². The fourth-order valence-electron chi connectivity index (χ4n) is 8.82. The van der Waals surface area contributed by atoms with Crippen LogP contribution in [0, 0.1) is 10.1 Å². The molecule has 2 aliphatic rings. The number of hydrogen-bond donors (Lipinski definition) is 3. The van der Waals surface area contributed by atoms with E-state index >= 15 is 0 Å². The quantitative estimate of drug-likeness (QED) is 0.0356. The van der Waals surface area contributed by atoms with Crippen molar-refractivity contribution in [1.82, 2.24) is 19.5 Å². The van der Waals surface area contributed by atoms with E-state index in [1.807, 2.05) is 4.57 Å². The van der Waals surface area contributed by atoms with Gasteiger partial charge in [0.15, 0.2) is 0 Å². The third-order valence-electron chi connectivity index (χ3n) is 12.2. The number of hydrogen-bond acceptors (Lipinski definition) is 21. The van der Waals surface area contributed by atoms with Gasteiger partial charge in [0.1, 0.15) is 30.4 Å². The summed E-state index contributed by atoms with van der Waals surface area (Å²) in [5.41, 5.74) is 6.81. The number of H-pyrrole nitrogens is 1. The Labute approximate surface area is 651 Å². The predicted molar refractivity (Wildman–Crippen MR) is 297 cm³/mol. The number of aromatic nitrogens is 4. The number of carbonyl (C=O) groups excluding carboxylic acids is 1. The Hall–Kier alpha value is -3.04. The van der Waals surface area contributed by atoms with Crippen molar-refractivity contribution in [3.8, 4) is 44.5 Å². The number of rotatable bonds is 11. The zero-order valence-corrected chi connectivity index (χ0v) is 64.4. The Bertz CT molecular complexity index is 4750. The number of aromatic carboxylic acids is 1. The zero-order valence-electron chi connectivity index (χ0n) is 48.4. The van der Waals surface area contributed by atoms with Crippen LogP contribution < -0.4 is 182 Å². The van der Waals surface area contributed by atoms with E-state index < -0.39 is 76.7 Å². The number of carbonyl (C=O) groups is 1. The molecular weight excluding hydrogens is 1360 g/mol. The average molecular weight is 1400 g/mol. The van der Waals surface area contributed by atoms with Crippen molar-refractivity contribution >= 4 is 109 Å². The molecule has 5 heterocycles. The third kappa shape index (κ3) is 23.1. The van der Waals surface area contributed by atoms with Crippen molar-refractivity contribution in [2.24, 2.45) is 0 Å². The minimum atomic E-state index is -4.92. The van der Waals surface area contributed by atoms with Crippen LogP contribution in [0.3, 0.4) is 0 Å². The zero-order chi connectivity index (χ0) is 60.6. The first-order valence-corrected chi connectivity index (χ1v) is 29.9. The molecule has 0 radical (unpaired) electrons. The molecule has 3 aromatic heterocycles. The molecule has 7 N–H and O–H groups in total. The minimum absolute atomic E-state index is 0. The largest absolute Gasteiger partial charge is 1.00 e. The van der Waals surface area contributed by atoms with Gasteiger partial charge in [-0.05, 0) is 118 Å². The second-order valence-electron chi connectivity index (χ2n) is 17.5. The molecule has 28 nitrogen and oxygen atoms in total. The van der Waals surface area contributed by atoms with Gasteiger partial charge in [-0.15, -0.1) is 0 Å². The van der Waals surface area contributed by atoms with E-state index in [1.165, 1.54) is 72.8 Å². The second-order valence-corrected chi connectivity index (χ2v) is 23.3. The number of carboxylic acids is 1. The SMILES string of the molecule is O.O.O=C([O-])c1ccc(-c2c3nc(c(-c4ccc(S(=O)(=O)[O-])cc4)c4ccc([nH]4)c(-c4ccc(S(=O)(=O)[O-])cc4)c4nc(c(-c5ccc(S(=O)(=O)[O-])cc5)c5ccc2n5Cc2ccc([N+](=O)[O-])cc2)C=C4)C=C3)cc1.O=S(=O)([O-])O.O=S(=O)([O-])O.[Na+].[Na+].[Na+].[Na+].[Na+].[Na+]. The maximum absolute atomic E-state index is 12.2. The Morgan fingerprint density at radius 3 is 0.989 bits per heavy atom. The van der Waals surface area contributed by atoms with Crippen molar-refractivity contribution < 1.29 is 277 Å². The van der Waals surface area contributed by atoms with Gasteiger partial charge < -0.3 is 53.2 Å². The number of carboxylic acid groups (broad SMARTS) is 1. The summed E-state index contributed by atoms with van der Waals surface area (Å²) in [5.74, 6) is -1.42. The summed E-state index contributed by atoms with van der Waals surface area (Å²) < 4.78 is 176. The van der Waals surface area contributed by atoms with E-state index in [9.17, 15) is 58.9 Å². The van der Waals surface area contributed by atoms with Gasteiger partial charge in [0, 0.05) is 52.0 Å². The van der Waals surface area contributed by atoms with Crippen molar-refractivity contribution in [2.75, 3.05) is 0 Å². The fraction of sp³-hybridized carbons (Fsp3) is 0.0192. The molecule has 10 rings (SSSR count). The van der Waals surface area contributed by atoms with Crippen LogP contribution in [0.25, 0.3) is 90.9 Å². The number of nitrogens with zero attached hydrogens (tertiary/aromatic N) is 4. The summed E-state index contributed by atoms with van der Waals surface area (Å²) in [6, 6.07) is 34.4. The predicted octanol–water partition coefficient (Wildman–Crippen LogP) is -13.8. The van der Waals surface area contributed by atoms with Crippen LogP contribution in [0.1, 0.15) is 38.7 Å². The first-order chi connectivity index (χ1) is 38.7. The first kappa shape index (κ1) is 88.0. The molecule has 0 aliphatic carbocycles. The van der Waals surface area contributed by atoms with Gasteiger partial charge in [0.05, 0.1) is 59.4 Å². The van der Waals surface area contributed by atoms with Crippen LogP contribution >= 0.6 is 0 Å². The van der Waals surface area contributed by atoms with E-state index in [1.54, 1.807) is 72.8 Å². The van der Waals surface area contributed by atoms with Crippen LogP contribution in [0.5, 0.6) is 0 Å². The number of nitro groups is 1. The first-order valence-electron chi connectivity index (χ1n) is 23.0. The monoisotopic (exact) mass is 1400 g/mol. The molecule has 0 unspecified atom stereocenters. The standard InChI is InChI=1S/C52H35N5O13S3.6Na.2H2O4S.2H2O/c58-52(59)35-5-3-33(4-6-35)50-44-25-23-42(54-44)48(31-7-15-37(16-8-31)71(62,63)64)40-21-22-41(53-40)49(32-9-17-38(18-10-32)72(65,66)67)43-24-26-45(55-43)51(34-11-19-39(20-12-34)73(68,69)70)47-28-27-46(50)56(47)29-30-1-13-36(14-2-30)57(60)61;;;;;;;2*1-5(2,3)4;;/h1-28,53H,29H2,(H,58,59)(H,62,63,64)(H,65,66,67)(H,68,69,70);;;;;;;2*(H2,1,2,3,4);2*1H2/q;6*+1;;;;/p-6. The average Bonchev–Trinajstić information content (AvgIpc) is 1.62. The molecule has 0 fully saturated rings. The maximum Gasteiger partial charge on any atom is 1.00 e. The summed E-state index contributed by atoms with van der Waals surface area (Å²) >= 11 is 0. The van der Waals surface area contributed by atoms with E-state index in [-0.39, 0.29) is 206 Å². The molecule has 91 heavy (non-hydrogen) atoms. The van der Waals surface area contributed by atoms with Crippen LogP contribution in [0.4, 0.5) is 5.69 Å². The number of nitrogens with one attached hydrogen (secondary N) is 1. The summed E-state index contributed by atoms with van der Waals surface area (Å²) in [6.45, 7) is 0.0241. The Morgan fingerprint density at radius 1 is 0.440 bits per heavy atom. The van der Waals surface area contributed by atoms with E-state index in [0.717, 1.165) is 24.3 Å². The third-order valence-corrected chi connectivity index (χ3v) is 14.8. The number of benzene rings is 5. The molecule has 0 spiro atoms. The summed E-state index contributed by atoms with van der Waals surface area (Å²) in [7, 11) is -24.4. The normalized spacial score (nSPS) is 11.3. The van der Waals surface area contributed by atoms with Crippen LogP contribution in [-0.4, -0.2) is 115 Å². The molecule has 5 aromatic carbocycles. The molecule has 8 bridgehead atoms. The molecule has 0 atom stereocenters. The molecule has 0 saturated carbocycles. The van der Waals surface area contributed by atoms with Gasteiger partial charge in [-0.2, -0.15) is 0 Å². The molecule has 0 amide bonds. The minimum Gasteiger partial charge on any atom is -0.744 e. The van der Waals surface area contributed by atoms with Crippen molar-refractivity contribution in [3.05, 3.63) is 190 Å². The summed E-state index contributed by atoms with van der Waals surface area (Å²) in [5, 5.41) is 23.7. The maximum atomic E-state index is 12.2. The van der Waals surface area contributed by atoms with Crippen LogP contribution in [0.15, 0.2) is 160 Å². The second kappa shape index (κ2) is 35.8. The molecule has 2 aliphatic heterocycles.